The predicted octanol–water partition coefficient (Wildman–Crippen LogP) is 2.97. The van der Waals surface area contributed by atoms with Gasteiger partial charge in [-0.15, -0.1) is 0 Å². The second-order valence-electron chi connectivity index (χ2n) is 5.64. The van der Waals surface area contributed by atoms with Crippen LogP contribution in [0.3, 0.4) is 0 Å². The van der Waals surface area contributed by atoms with Gasteiger partial charge in [0.25, 0.3) is 0 Å². The summed E-state index contributed by atoms with van der Waals surface area (Å²) in [5.74, 6) is -0.732. The minimum Gasteiger partial charge on any atom is -0.496 e. The summed E-state index contributed by atoms with van der Waals surface area (Å²) in [6.45, 7) is 3.74. The van der Waals surface area contributed by atoms with E-state index in [0.29, 0.717) is 39.3 Å². The van der Waals surface area contributed by atoms with Gasteiger partial charge in [0.1, 0.15) is 30.3 Å². The molecule has 0 aliphatic heterocycles. The summed E-state index contributed by atoms with van der Waals surface area (Å²) in [5.41, 5.74) is 2.18. The fraction of sp³-hybridized carbons (Fsp3) is 0.250. The number of methoxy groups -OCH3 is 2. The van der Waals surface area contributed by atoms with Crippen LogP contribution < -0.4 is 9.47 Å². The Morgan fingerprint density at radius 3 is 1.25 bits per heavy atom. The van der Waals surface area contributed by atoms with E-state index in [9.17, 15) is 14.4 Å². The number of allylic oxidation sites excluding steroid dienone is 3. The van der Waals surface area contributed by atoms with Crippen molar-refractivity contribution in [2.24, 2.45) is 0 Å². The molecule has 1 aromatic rings. The average molecular weight is 388 g/mol. The second-order valence-corrected chi connectivity index (χ2v) is 5.64. The predicted molar refractivity (Wildman–Crippen MR) is 98.9 cm³/mol. The summed E-state index contributed by atoms with van der Waals surface area (Å²) >= 11 is 0. The number of esters is 3. The molecule has 0 fully saturated rings. The van der Waals surface area contributed by atoms with Crippen molar-refractivity contribution in [1.29, 1.82) is 0 Å². The Morgan fingerprint density at radius 2 is 0.964 bits per heavy atom. The van der Waals surface area contributed by atoms with Crippen LogP contribution in [0.1, 0.15) is 31.9 Å². The van der Waals surface area contributed by atoms with Gasteiger partial charge in [-0.25, -0.2) is 0 Å². The van der Waals surface area contributed by atoms with E-state index in [4.69, 9.17) is 23.7 Å². The molecule has 0 aromatic heterocycles. The summed E-state index contributed by atoms with van der Waals surface area (Å²) < 4.78 is 26.0. The van der Waals surface area contributed by atoms with E-state index in [-0.39, 0.29) is 0 Å². The zero-order chi connectivity index (χ0) is 20.8. The fourth-order valence-corrected chi connectivity index (χ4v) is 2.65. The number of hydrogen-bond acceptors (Lipinski definition) is 8. The molecule has 8 nitrogen and oxygen atoms in total. The van der Waals surface area contributed by atoms with E-state index < -0.39 is 17.9 Å². The van der Waals surface area contributed by atoms with Crippen LogP contribution in [0.25, 0.3) is 11.1 Å². The van der Waals surface area contributed by atoms with Gasteiger partial charge in [0.15, 0.2) is 0 Å². The van der Waals surface area contributed by atoms with Gasteiger partial charge in [-0.1, -0.05) is 0 Å². The van der Waals surface area contributed by atoms with Gasteiger partial charge >= 0.3 is 17.9 Å². The van der Waals surface area contributed by atoms with Crippen molar-refractivity contribution in [3.63, 3.8) is 0 Å². The summed E-state index contributed by atoms with van der Waals surface area (Å²) in [6.07, 6.45) is 3.62. The van der Waals surface area contributed by atoms with Gasteiger partial charge in [0.2, 0.25) is 0 Å². The third-order valence-electron chi connectivity index (χ3n) is 3.72. The molecule has 0 spiro atoms. The molecule has 1 aliphatic rings. The highest BCUT2D eigenvalue weighted by Gasteiger charge is 2.34. The van der Waals surface area contributed by atoms with Crippen molar-refractivity contribution < 1.29 is 38.1 Å². The van der Waals surface area contributed by atoms with Gasteiger partial charge in [-0.3, -0.25) is 14.4 Å². The Hall–Kier alpha value is -3.55. The third kappa shape index (κ3) is 4.40. The van der Waals surface area contributed by atoms with E-state index >= 15 is 0 Å². The van der Waals surface area contributed by atoms with Gasteiger partial charge in [0.05, 0.1) is 14.2 Å². The SMILES string of the molecule is COc1ccc(OC)c2c1/C(=C\OC(C)=O)C(=COC(C)=O)/C2=C\OC(C)=O. The molecule has 1 aromatic carbocycles. The molecule has 0 bridgehead atoms. The maximum atomic E-state index is 11.3. The summed E-state index contributed by atoms with van der Waals surface area (Å²) in [4.78, 5) is 34.0. The van der Waals surface area contributed by atoms with Crippen molar-refractivity contribution in [3.05, 3.63) is 47.6 Å². The van der Waals surface area contributed by atoms with Crippen LogP contribution >= 0.6 is 0 Å². The summed E-state index contributed by atoms with van der Waals surface area (Å²) in [5, 5.41) is 0. The molecule has 0 amide bonds. The molecule has 0 radical (unpaired) electrons. The molecule has 0 saturated heterocycles. The lowest BCUT2D eigenvalue weighted by atomic mass is 10.0. The highest BCUT2D eigenvalue weighted by molar-refractivity contribution is 6.10. The monoisotopic (exact) mass is 388 g/mol. The number of ether oxygens (including phenoxy) is 5. The van der Waals surface area contributed by atoms with Crippen LogP contribution in [0, 0.1) is 0 Å². The molecule has 8 heteroatoms. The normalized spacial score (nSPS) is 16.7. The number of fused-ring (bicyclic) bond motifs is 1. The smallest absolute Gasteiger partial charge is 0.307 e. The topological polar surface area (TPSA) is 97.4 Å². The second kappa shape index (κ2) is 8.90. The van der Waals surface area contributed by atoms with E-state index in [1.807, 2.05) is 0 Å². The van der Waals surface area contributed by atoms with Crippen LogP contribution in [-0.2, 0) is 28.6 Å². The number of carbonyl (C=O) groups excluding carboxylic acids is 3. The van der Waals surface area contributed by atoms with E-state index in [1.165, 1.54) is 53.8 Å². The highest BCUT2D eigenvalue weighted by atomic mass is 16.5. The summed E-state index contributed by atoms with van der Waals surface area (Å²) in [6, 6.07) is 3.36. The van der Waals surface area contributed by atoms with Crippen molar-refractivity contribution >= 4 is 29.1 Å². The first kappa shape index (κ1) is 20.8. The summed E-state index contributed by atoms with van der Waals surface area (Å²) in [7, 11) is 2.96. The van der Waals surface area contributed by atoms with E-state index in [0.717, 1.165) is 0 Å². The van der Waals surface area contributed by atoms with Gasteiger partial charge in [-0.05, 0) is 12.1 Å². The Kier molecular flexibility index (Phi) is 6.59. The molecular weight excluding hydrogens is 368 g/mol. The van der Waals surface area contributed by atoms with E-state index in [1.54, 1.807) is 12.1 Å². The zero-order valence-corrected chi connectivity index (χ0v) is 16.2. The van der Waals surface area contributed by atoms with Crippen LogP contribution in [-0.4, -0.2) is 32.1 Å². The lowest BCUT2D eigenvalue weighted by Crippen LogP contribution is -1.97. The number of benzene rings is 1. The lowest BCUT2D eigenvalue weighted by Gasteiger charge is -2.11. The molecule has 0 unspecified atom stereocenters. The van der Waals surface area contributed by atoms with Gasteiger partial charge < -0.3 is 23.7 Å². The van der Waals surface area contributed by atoms with Crippen molar-refractivity contribution in [2.45, 2.75) is 20.8 Å². The Labute approximate surface area is 162 Å². The van der Waals surface area contributed by atoms with Gasteiger partial charge in [0, 0.05) is 48.6 Å². The van der Waals surface area contributed by atoms with Gasteiger partial charge in [-0.2, -0.15) is 0 Å². The molecule has 0 heterocycles. The molecule has 28 heavy (non-hydrogen) atoms. The number of carbonyl (C=O) groups is 3. The maximum absolute atomic E-state index is 11.3. The Morgan fingerprint density at radius 1 is 0.643 bits per heavy atom. The number of hydrogen-bond donors (Lipinski definition) is 0. The number of rotatable bonds is 5. The van der Waals surface area contributed by atoms with Crippen molar-refractivity contribution in [3.8, 4) is 11.5 Å². The minimum absolute atomic E-state index is 0.343. The molecule has 0 N–H and O–H groups in total. The zero-order valence-electron chi connectivity index (χ0n) is 16.2. The maximum Gasteiger partial charge on any atom is 0.307 e. The van der Waals surface area contributed by atoms with E-state index in [2.05, 4.69) is 0 Å². The molecule has 0 atom stereocenters. The van der Waals surface area contributed by atoms with Crippen LogP contribution in [0.5, 0.6) is 11.5 Å². The third-order valence-corrected chi connectivity index (χ3v) is 3.72. The van der Waals surface area contributed by atoms with Crippen LogP contribution in [0.15, 0.2) is 36.5 Å². The first-order chi connectivity index (χ1) is 13.3. The molecule has 0 saturated carbocycles. The van der Waals surface area contributed by atoms with Crippen molar-refractivity contribution in [1.82, 2.24) is 0 Å². The van der Waals surface area contributed by atoms with Crippen molar-refractivity contribution in [2.75, 3.05) is 14.2 Å². The molecule has 1 aliphatic carbocycles. The molecule has 2 rings (SSSR count). The molecule has 148 valence electrons. The Bertz CT molecular complexity index is 842. The lowest BCUT2D eigenvalue weighted by molar-refractivity contribution is -0.136. The fourth-order valence-electron chi connectivity index (χ4n) is 2.65. The largest absolute Gasteiger partial charge is 0.496 e. The standard InChI is InChI=1S/C20H20O8/c1-11(21)26-8-14-15(9-27-12(2)22)19-17(24-4)6-7-18(25-5)20(19)16(14)10-28-13(3)23/h6-10H,1-5H3/b14-8?,15-9-,16-10+. The highest BCUT2D eigenvalue weighted by Crippen LogP contribution is 2.52. The van der Waals surface area contributed by atoms with Crippen LogP contribution in [0.4, 0.5) is 0 Å². The van der Waals surface area contributed by atoms with Crippen LogP contribution in [0.2, 0.25) is 0 Å². The quantitative estimate of drug-likeness (QED) is 0.431. The molecular formula is C20H20O8. The first-order valence-electron chi connectivity index (χ1n) is 8.18. The average Bonchev–Trinajstić information content (AvgIpc) is 2.95. The minimum atomic E-state index is -0.555. The Balaban J connectivity index is 2.84. The first-order valence-corrected chi connectivity index (χ1v) is 8.18.